The van der Waals surface area contributed by atoms with Crippen LogP contribution in [0.2, 0.25) is 0 Å². The van der Waals surface area contributed by atoms with Gasteiger partial charge in [-0.15, -0.1) is 0 Å². The maximum absolute atomic E-state index is 11.5. The van der Waals surface area contributed by atoms with Crippen LogP contribution in [0.1, 0.15) is 54.8 Å². The van der Waals surface area contributed by atoms with Gasteiger partial charge in [0.25, 0.3) is 0 Å². The molecule has 0 bridgehead atoms. The van der Waals surface area contributed by atoms with E-state index in [4.69, 9.17) is 9.47 Å². The van der Waals surface area contributed by atoms with E-state index in [0.29, 0.717) is 0 Å². The summed E-state index contributed by atoms with van der Waals surface area (Å²) in [7, 11) is 0. The van der Waals surface area contributed by atoms with E-state index < -0.39 is 23.9 Å². The zero-order chi connectivity index (χ0) is 20.7. The molecule has 0 aliphatic carbocycles. The number of hydrogen-bond donors (Lipinski definition) is 0. The molecule has 0 spiro atoms. The Kier molecular flexibility index (Phi) is 19.5. The summed E-state index contributed by atoms with van der Waals surface area (Å²) in [5, 5.41) is 0. The van der Waals surface area contributed by atoms with Gasteiger partial charge >= 0.3 is 23.9 Å². The molecule has 0 fully saturated rings. The molecule has 0 atom stereocenters. The van der Waals surface area contributed by atoms with Crippen molar-refractivity contribution in [2.75, 3.05) is 26.4 Å². The third-order valence-electron chi connectivity index (χ3n) is 2.82. The van der Waals surface area contributed by atoms with Gasteiger partial charge in [0, 0.05) is 0 Å². The summed E-state index contributed by atoms with van der Waals surface area (Å²) in [6.45, 7) is 7.92. The first kappa shape index (κ1) is 30.7. The fourth-order valence-corrected chi connectivity index (χ4v) is 1.80. The Morgan fingerprint density at radius 2 is 0.931 bits per heavy atom. The van der Waals surface area contributed by atoms with Gasteiger partial charge in [0.1, 0.15) is 6.42 Å². The summed E-state index contributed by atoms with van der Waals surface area (Å²) in [6.07, 6.45) is -0.290. The molecular formula is C19H30O10. The van der Waals surface area contributed by atoms with Crippen molar-refractivity contribution < 1.29 is 49.1 Å². The van der Waals surface area contributed by atoms with E-state index in [0.717, 1.165) is 0 Å². The van der Waals surface area contributed by atoms with Gasteiger partial charge in [-0.2, -0.15) is 0 Å². The van der Waals surface area contributed by atoms with Crippen molar-refractivity contribution in [2.24, 2.45) is 0 Å². The summed E-state index contributed by atoms with van der Waals surface area (Å²) < 4.78 is 18.7. The van der Waals surface area contributed by atoms with Crippen LogP contribution in [0.25, 0.3) is 0 Å². The fourth-order valence-electron chi connectivity index (χ4n) is 1.80. The van der Waals surface area contributed by atoms with Crippen LogP contribution in [-0.4, -0.2) is 61.3 Å². The Hall–Kier alpha value is -2.98. The van der Waals surface area contributed by atoms with Gasteiger partial charge in [0.05, 0.1) is 37.6 Å². The van der Waals surface area contributed by atoms with E-state index in [1.165, 1.54) is 0 Å². The SMILES string of the molecule is CCOC(=O)CC(=O)OCC.CCOC(=O)c1ccccc1C(=O)OCC.O.O. The van der Waals surface area contributed by atoms with Crippen LogP contribution >= 0.6 is 0 Å². The molecule has 0 aromatic heterocycles. The minimum absolute atomic E-state index is 0. The normalized spacial score (nSPS) is 8.69. The summed E-state index contributed by atoms with van der Waals surface area (Å²) in [5.74, 6) is -2.09. The molecule has 1 aromatic carbocycles. The number of benzene rings is 1. The lowest BCUT2D eigenvalue weighted by Crippen LogP contribution is -2.13. The molecule has 0 aliphatic rings. The highest BCUT2D eigenvalue weighted by Gasteiger charge is 2.17. The molecule has 1 rings (SSSR count). The Labute approximate surface area is 169 Å². The van der Waals surface area contributed by atoms with Crippen LogP contribution in [0.5, 0.6) is 0 Å². The van der Waals surface area contributed by atoms with Crippen LogP contribution in [0.3, 0.4) is 0 Å². The van der Waals surface area contributed by atoms with Gasteiger partial charge in [-0.25, -0.2) is 9.59 Å². The second kappa shape index (κ2) is 18.4. The van der Waals surface area contributed by atoms with Crippen molar-refractivity contribution in [1.29, 1.82) is 0 Å². The fraction of sp³-hybridized carbons (Fsp3) is 0.474. The van der Waals surface area contributed by atoms with Gasteiger partial charge in [-0.1, -0.05) is 12.1 Å². The Morgan fingerprint density at radius 1 is 0.621 bits per heavy atom. The quantitative estimate of drug-likeness (QED) is 0.340. The molecule has 0 unspecified atom stereocenters. The van der Waals surface area contributed by atoms with Gasteiger partial charge < -0.3 is 29.9 Å². The molecule has 1 aromatic rings. The predicted octanol–water partition coefficient (Wildman–Crippen LogP) is 0.893. The number of esters is 4. The highest BCUT2D eigenvalue weighted by atomic mass is 16.6. The molecule has 0 saturated carbocycles. The molecule has 4 N–H and O–H groups in total. The van der Waals surface area contributed by atoms with Gasteiger partial charge in [-0.05, 0) is 39.8 Å². The second-order valence-electron chi connectivity index (χ2n) is 4.77. The van der Waals surface area contributed by atoms with Crippen molar-refractivity contribution in [1.82, 2.24) is 0 Å². The first-order valence-corrected chi connectivity index (χ1v) is 8.65. The van der Waals surface area contributed by atoms with Crippen molar-refractivity contribution in [3.05, 3.63) is 35.4 Å². The monoisotopic (exact) mass is 418 g/mol. The van der Waals surface area contributed by atoms with Crippen LogP contribution in [0.15, 0.2) is 24.3 Å². The van der Waals surface area contributed by atoms with E-state index in [1.54, 1.807) is 52.0 Å². The van der Waals surface area contributed by atoms with Gasteiger partial charge in [0.15, 0.2) is 0 Å². The van der Waals surface area contributed by atoms with E-state index >= 15 is 0 Å². The largest absolute Gasteiger partial charge is 0.466 e. The summed E-state index contributed by atoms with van der Waals surface area (Å²) in [4.78, 5) is 44.3. The third-order valence-corrected chi connectivity index (χ3v) is 2.82. The minimum atomic E-state index is -0.536. The van der Waals surface area contributed by atoms with E-state index in [1.807, 2.05) is 0 Å². The molecule has 10 heteroatoms. The number of carbonyl (C=O) groups is 4. The lowest BCUT2D eigenvalue weighted by Gasteiger charge is -2.07. The standard InChI is InChI=1S/C12H14O4.C7H12O4.2H2O/c1-3-15-11(13)9-7-5-6-8-10(9)12(14)16-4-2;1-3-10-6(8)5-7(9)11-4-2;;/h5-8H,3-4H2,1-2H3;3-5H2,1-2H3;2*1H2. The maximum Gasteiger partial charge on any atom is 0.338 e. The average Bonchev–Trinajstić information content (AvgIpc) is 2.63. The summed E-state index contributed by atoms with van der Waals surface area (Å²) >= 11 is 0. The molecule has 0 heterocycles. The highest BCUT2D eigenvalue weighted by Crippen LogP contribution is 2.11. The van der Waals surface area contributed by atoms with Crippen molar-refractivity contribution in [3.63, 3.8) is 0 Å². The molecule has 10 nitrogen and oxygen atoms in total. The van der Waals surface area contributed by atoms with E-state index in [-0.39, 0.29) is 54.9 Å². The minimum Gasteiger partial charge on any atom is -0.466 e. The van der Waals surface area contributed by atoms with Crippen molar-refractivity contribution in [3.8, 4) is 0 Å². The molecule has 0 amide bonds. The van der Waals surface area contributed by atoms with Crippen molar-refractivity contribution in [2.45, 2.75) is 34.1 Å². The predicted molar refractivity (Wildman–Crippen MR) is 103 cm³/mol. The van der Waals surface area contributed by atoms with Crippen LogP contribution in [-0.2, 0) is 28.5 Å². The first-order chi connectivity index (χ1) is 12.9. The highest BCUT2D eigenvalue weighted by molar-refractivity contribution is 6.03. The zero-order valence-electron chi connectivity index (χ0n) is 17.1. The summed E-state index contributed by atoms with van der Waals surface area (Å²) in [5.41, 5.74) is 0.477. The molecule has 29 heavy (non-hydrogen) atoms. The van der Waals surface area contributed by atoms with E-state index in [2.05, 4.69) is 9.47 Å². The summed E-state index contributed by atoms with van der Waals surface area (Å²) in [6, 6.07) is 6.44. The van der Waals surface area contributed by atoms with Crippen molar-refractivity contribution >= 4 is 23.9 Å². The smallest absolute Gasteiger partial charge is 0.338 e. The second-order valence-corrected chi connectivity index (χ2v) is 4.77. The number of carbonyl (C=O) groups excluding carboxylic acids is 4. The molecule has 166 valence electrons. The lowest BCUT2D eigenvalue weighted by atomic mass is 10.1. The van der Waals surface area contributed by atoms with Gasteiger partial charge in [0.2, 0.25) is 0 Å². The topological polar surface area (TPSA) is 168 Å². The third kappa shape index (κ3) is 12.9. The number of ether oxygens (including phenoxy) is 4. The number of rotatable bonds is 8. The first-order valence-electron chi connectivity index (χ1n) is 8.65. The maximum atomic E-state index is 11.5. The molecule has 0 aliphatic heterocycles. The molecule has 0 saturated heterocycles. The van der Waals surface area contributed by atoms with Gasteiger partial charge in [-0.3, -0.25) is 9.59 Å². The zero-order valence-corrected chi connectivity index (χ0v) is 17.1. The average molecular weight is 418 g/mol. The Balaban J connectivity index is -0.000000464. The molecular weight excluding hydrogens is 388 g/mol. The Bertz CT molecular complexity index is 574. The van der Waals surface area contributed by atoms with Crippen LogP contribution in [0, 0.1) is 0 Å². The Morgan fingerprint density at radius 3 is 1.21 bits per heavy atom. The van der Waals surface area contributed by atoms with E-state index in [9.17, 15) is 19.2 Å². The lowest BCUT2D eigenvalue weighted by molar-refractivity contribution is -0.153. The van der Waals surface area contributed by atoms with Crippen LogP contribution < -0.4 is 0 Å². The van der Waals surface area contributed by atoms with Crippen LogP contribution in [0.4, 0.5) is 0 Å². The molecule has 0 radical (unpaired) electrons. The number of hydrogen-bond acceptors (Lipinski definition) is 8.